The van der Waals surface area contributed by atoms with Crippen LogP contribution in [-0.2, 0) is 24.3 Å². The predicted octanol–water partition coefficient (Wildman–Crippen LogP) is 2.45. The van der Waals surface area contributed by atoms with Crippen LogP contribution in [0.5, 0.6) is 0 Å². The summed E-state index contributed by atoms with van der Waals surface area (Å²) in [5.41, 5.74) is 2.62. The highest BCUT2D eigenvalue weighted by Crippen LogP contribution is 2.10. The maximum atomic E-state index is 13.9. The number of aromatic nitrogens is 4. The Morgan fingerprint density at radius 1 is 1.16 bits per heavy atom. The van der Waals surface area contributed by atoms with E-state index in [1.54, 1.807) is 22.9 Å². The van der Waals surface area contributed by atoms with Crippen molar-refractivity contribution in [2.24, 2.45) is 0 Å². The Morgan fingerprint density at radius 2 is 2.00 bits per heavy atom. The lowest BCUT2D eigenvalue weighted by Gasteiger charge is -2.08. The molecular weight excluding hydrogens is 397 g/mol. The van der Waals surface area contributed by atoms with Crippen molar-refractivity contribution < 1.29 is 9.18 Å². The van der Waals surface area contributed by atoms with Gasteiger partial charge >= 0.3 is 0 Å². The zero-order valence-corrected chi connectivity index (χ0v) is 17.1. The second kappa shape index (κ2) is 8.91. The van der Waals surface area contributed by atoms with E-state index >= 15 is 0 Å². The number of hydrogen-bond donors (Lipinski definition) is 1. The average molecular weight is 419 g/mol. The van der Waals surface area contributed by atoms with E-state index in [1.165, 1.54) is 23.2 Å². The van der Waals surface area contributed by atoms with Crippen molar-refractivity contribution in [1.29, 1.82) is 0 Å². The molecule has 158 valence electrons. The molecule has 7 nitrogen and oxygen atoms in total. The first-order chi connectivity index (χ1) is 15.0. The minimum Gasteiger partial charge on any atom is -0.354 e. The van der Waals surface area contributed by atoms with Gasteiger partial charge in [-0.3, -0.25) is 14.2 Å². The molecule has 2 aromatic carbocycles. The van der Waals surface area contributed by atoms with E-state index in [9.17, 15) is 14.0 Å². The van der Waals surface area contributed by atoms with Gasteiger partial charge in [0.2, 0.25) is 5.91 Å². The normalized spacial score (nSPS) is 11.0. The first-order valence-corrected chi connectivity index (χ1v) is 9.98. The molecule has 0 aliphatic rings. The van der Waals surface area contributed by atoms with Crippen molar-refractivity contribution in [3.8, 4) is 0 Å². The highest BCUT2D eigenvalue weighted by atomic mass is 19.1. The van der Waals surface area contributed by atoms with Gasteiger partial charge in [-0.15, -0.1) is 0 Å². The Bertz CT molecular complexity index is 1290. The summed E-state index contributed by atoms with van der Waals surface area (Å²) in [7, 11) is 0. The molecule has 0 unspecified atom stereocenters. The summed E-state index contributed by atoms with van der Waals surface area (Å²) in [6.07, 6.45) is 3.16. The van der Waals surface area contributed by atoms with E-state index in [1.807, 2.05) is 31.2 Å². The first kappa shape index (κ1) is 20.5. The fraction of sp³-hybridized carbons (Fsp3) is 0.217. The number of benzene rings is 2. The number of aryl methyl sites for hydroxylation is 1. The van der Waals surface area contributed by atoms with Crippen molar-refractivity contribution in [3.05, 3.63) is 93.9 Å². The summed E-state index contributed by atoms with van der Waals surface area (Å²) in [5, 5.41) is 7.45. The lowest BCUT2D eigenvalue weighted by atomic mass is 10.1. The summed E-state index contributed by atoms with van der Waals surface area (Å²) in [5.74, 6) is -0.450. The fourth-order valence-electron chi connectivity index (χ4n) is 3.46. The van der Waals surface area contributed by atoms with Crippen LogP contribution in [-0.4, -0.2) is 31.8 Å². The van der Waals surface area contributed by atoms with Crippen LogP contribution in [0.15, 0.2) is 65.8 Å². The largest absolute Gasteiger partial charge is 0.354 e. The van der Waals surface area contributed by atoms with Crippen LogP contribution >= 0.6 is 0 Å². The molecule has 2 heterocycles. The van der Waals surface area contributed by atoms with Crippen LogP contribution in [0.4, 0.5) is 4.39 Å². The van der Waals surface area contributed by atoms with E-state index < -0.39 is 0 Å². The van der Waals surface area contributed by atoms with Gasteiger partial charge in [-0.25, -0.2) is 14.1 Å². The highest BCUT2D eigenvalue weighted by Gasteiger charge is 2.12. The van der Waals surface area contributed by atoms with Crippen molar-refractivity contribution in [1.82, 2.24) is 24.6 Å². The summed E-state index contributed by atoms with van der Waals surface area (Å²) < 4.78 is 16.8. The quantitative estimate of drug-likeness (QED) is 0.499. The number of amides is 1. The van der Waals surface area contributed by atoms with E-state index in [4.69, 9.17) is 0 Å². The SMILES string of the molecule is Cc1cccc(CC(=O)NCCn2ncc3c(=O)n(Cc4ccccc4F)cnc32)c1. The smallest absolute Gasteiger partial charge is 0.264 e. The molecule has 0 aliphatic heterocycles. The van der Waals surface area contributed by atoms with Gasteiger partial charge in [0.25, 0.3) is 5.56 Å². The van der Waals surface area contributed by atoms with Crippen LogP contribution in [0.2, 0.25) is 0 Å². The van der Waals surface area contributed by atoms with Crippen LogP contribution in [0.3, 0.4) is 0 Å². The summed E-state index contributed by atoms with van der Waals surface area (Å²) >= 11 is 0. The van der Waals surface area contributed by atoms with Gasteiger partial charge in [0, 0.05) is 12.1 Å². The molecule has 0 aliphatic carbocycles. The molecular formula is C23H22FN5O2. The van der Waals surface area contributed by atoms with Gasteiger partial charge in [0.15, 0.2) is 5.65 Å². The van der Waals surface area contributed by atoms with Gasteiger partial charge in [0.1, 0.15) is 17.5 Å². The van der Waals surface area contributed by atoms with Gasteiger partial charge in [-0.2, -0.15) is 5.10 Å². The zero-order chi connectivity index (χ0) is 21.8. The molecule has 4 rings (SSSR count). The second-order valence-corrected chi connectivity index (χ2v) is 7.39. The van der Waals surface area contributed by atoms with Gasteiger partial charge in [-0.1, -0.05) is 48.0 Å². The maximum absolute atomic E-state index is 13.9. The molecule has 0 bridgehead atoms. The molecule has 1 amide bonds. The van der Waals surface area contributed by atoms with Crippen molar-refractivity contribution >= 4 is 16.9 Å². The molecule has 31 heavy (non-hydrogen) atoms. The number of carbonyl (C=O) groups is 1. The van der Waals surface area contributed by atoms with E-state index in [2.05, 4.69) is 15.4 Å². The molecule has 0 saturated heterocycles. The lowest BCUT2D eigenvalue weighted by Crippen LogP contribution is -2.29. The Hall–Kier alpha value is -3.81. The number of nitrogens with one attached hydrogen (secondary N) is 1. The van der Waals surface area contributed by atoms with Crippen molar-refractivity contribution in [2.45, 2.75) is 26.4 Å². The van der Waals surface area contributed by atoms with E-state index in [-0.39, 0.29) is 23.8 Å². The molecule has 0 spiro atoms. The molecule has 1 N–H and O–H groups in total. The van der Waals surface area contributed by atoms with Crippen molar-refractivity contribution in [2.75, 3.05) is 6.54 Å². The van der Waals surface area contributed by atoms with Crippen LogP contribution in [0.1, 0.15) is 16.7 Å². The summed E-state index contributed by atoms with van der Waals surface area (Å²) in [6.45, 7) is 2.82. The molecule has 2 aromatic heterocycles. The third kappa shape index (κ3) is 4.69. The number of rotatable bonds is 7. The van der Waals surface area contributed by atoms with E-state index in [0.29, 0.717) is 36.1 Å². The van der Waals surface area contributed by atoms with Crippen molar-refractivity contribution in [3.63, 3.8) is 0 Å². The van der Waals surface area contributed by atoms with Gasteiger partial charge in [0.05, 0.1) is 25.7 Å². The van der Waals surface area contributed by atoms with Crippen LogP contribution in [0.25, 0.3) is 11.0 Å². The number of fused-ring (bicyclic) bond motifs is 1. The average Bonchev–Trinajstić information content (AvgIpc) is 3.15. The number of nitrogens with zero attached hydrogens (tertiary/aromatic N) is 4. The predicted molar refractivity (Wildman–Crippen MR) is 115 cm³/mol. The molecule has 0 fully saturated rings. The topological polar surface area (TPSA) is 81.8 Å². The Balaban J connectivity index is 1.41. The zero-order valence-electron chi connectivity index (χ0n) is 17.1. The Morgan fingerprint density at radius 3 is 2.81 bits per heavy atom. The molecule has 0 radical (unpaired) electrons. The molecule has 0 atom stereocenters. The fourth-order valence-corrected chi connectivity index (χ4v) is 3.46. The van der Waals surface area contributed by atoms with Crippen LogP contribution in [0, 0.1) is 12.7 Å². The third-order valence-electron chi connectivity index (χ3n) is 5.01. The summed E-state index contributed by atoms with van der Waals surface area (Å²) in [6, 6.07) is 14.1. The minimum atomic E-state index is -0.369. The molecule has 8 heteroatoms. The number of hydrogen-bond acceptors (Lipinski definition) is 4. The standard InChI is InChI=1S/C23H22FN5O2/c1-16-5-4-6-17(11-16)12-21(30)25-9-10-29-22-19(13-27-29)23(31)28(15-26-22)14-18-7-2-3-8-20(18)24/h2-8,11,13,15H,9-10,12,14H2,1H3,(H,25,30). The lowest BCUT2D eigenvalue weighted by molar-refractivity contribution is -0.120. The van der Waals surface area contributed by atoms with Gasteiger partial charge in [-0.05, 0) is 18.6 Å². The molecule has 4 aromatic rings. The third-order valence-corrected chi connectivity index (χ3v) is 5.01. The Labute approximate surface area is 178 Å². The maximum Gasteiger partial charge on any atom is 0.264 e. The van der Waals surface area contributed by atoms with Crippen LogP contribution < -0.4 is 10.9 Å². The summed E-state index contributed by atoms with van der Waals surface area (Å²) in [4.78, 5) is 29.3. The molecule has 0 saturated carbocycles. The number of carbonyl (C=O) groups excluding carboxylic acids is 1. The highest BCUT2D eigenvalue weighted by molar-refractivity contribution is 5.78. The Kier molecular flexibility index (Phi) is 5.88. The minimum absolute atomic E-state index is 0.0812. The first-order valence-electron chi connectivity index (χ1n) is 9.98. The number of halogens is 1. The van der Waals surface area contributed by atoms with Gasteiger partial charge < -0.3 is 5.32 Å². The van der Waals surface area contributed by atoms with E-state index in [0.717, 1.165) is 11.1 Å². The second-order valence-electron chi connectivity index (χ2n) is 7.39. The monoisotopic (exact) mass is 419 g/mol.